The standard InChI is InChI=1S/C63H36N4O3/c1-2-12-38(13-3-1)61-64-62(41-26-31-47-45-15-5-8-21-54(45)69-58(47)36-41)66-63(65-61)49-19-11-23-57-59(49)51-35-40(28-33-56(51)68-57)39-27-32-53-50(34-39)44-14-4-7-20-52(44)67(53)42-29-24-37(25-30-42)43-17-10-18-48-46-16-6-9-22-55(46)70-60(43)48/h1-36H. The molecule has 0 aliphatic carbocycles. The highest BCUT2D eigenvalue weighted by Crippen LogP contribution is 2.42. The molecule has 326 valence electrons. The van der Waals surface area contributed by atoms with Crippen LogP contribution in [0.2, 0.25) is 0 Å². The number of hydrogen-bond donors (Lipinski definition) is 0. The molecule has 0 amide bonds. The topological polar surface area (TPSA) is 83.0 Å². The summed E-state index contributed by atoms with van der Waals surface area (Å²) in [7, 11) is 0. The Kier molecular flexibility index (Phi) is 8.23. The fourth-order valence-corrected chi connectivity index (χ4v) is 10.6. The summed E-state index contributed by atoms with van der Waals surface area (Å²) in [6.45, 7) is 0. The van der Waals surface area contributed by atoms with E-state index in [4.69, 9.17) is 28.2 Å². The molecule has 5 heterocycles. The molecule has 0 saturated carbocycles. The van der Waals surface area contributed by atoms with E-state index in [0.717, 1.165) is 121 Å². The van der Waals surface area contributed by atoms with E-state index in [1.54, 1.807) is 0 Å². The summed E-state index contributed by atoms with van der Waals surface area (Å²) in [5.74, 6) is 1.70. The van der Waals surface area contributed by atoms with Gasteiger partial charge in [0.1, 0.15) is 33.5 Å². The smallest absolute Gasteiger partial charge is 0.164 e. The summed E-state index contributed by atoms with van der Waals surface area (Å²) in [6, 6.07) is 75.8. The Morgan fingerprint density at radius 2 is 0.843 bits per heavy atom. The molecule has 0 fully saturated rings. The third-order valence-electron chi connectivity index (χ3n) is 13.9. The van der Waals surface area contributed by atoms with E-state index in [-0.39, 0.29) is 0 Å². The molecular weight excluding hydrogens is 861 g/mol. The van der Waals surface area contributed by atoms with Crippen molar-refractivity contribution in [3.63, 3.8) is 0 Å². The molecular formula is C63H36N4O3. The predicted molar refractivity (Wildman–Crippen MR) is 283 cm³/mol. The second kappa shape index (κ2) is 15.0. The number of furan rings is 3. The summed E-state index contributed by atoms with van der Waals surface area (Å²) in [5.41, 5.74) is 15.3. The molecule has 70 heavy (non-hydrogen) atoms. The van der Waals surface area contributed by atoms with Crippen LogP contribution in [-0.2, 0) is 0 Å². The molecule has 15 rings (SSSR count). The van der Waals surface area contributed by atoms with Crippen molar-refractivity contribution in [2.24, 2.45) is 0 Å². The van der Waals surface area contributed by atoms with Crippen molar-refractivity contribution in [3.8, 4) is 62.1 Å². The van der Waals surface area contributed by atoms with Crippen LogP contribution in [0.15, 0.2) is 232 Å². The van der Waals surface area contributed by atoms with Crippen LogP contribution >= 0.6 is 0 Å². The fourth-order valence-electron chi connectivity index (χ4n) is 10.6. The quantitative estimate of drug-likeness (QED) is 0.165. The van der Waals surface area contributed by atoms with Crippen LogP contribution in [-0.4, -0.2) is 19.5 Å². The first kappa shape index (κ1) is 38.5. The molecule has 0 spiro atoms. The predicted octanol–water partition coefficient (Wildman–Crippen LogP) is 17.0. The maximum absolute atomic E-state index is 6.57. The molecule has 7 nitrogen and oxygen atoms in total. The Balaban J connectivity index is 0.841. The van der Waals surface area contributed by atoms with Crippen molar-refractivity contribution in [2.75, 3.05) is 0 Å². The minimum atomic E-state index is 0.556. The van der Waals surface area contributed by atoms with Gasteiger partial charge in [0, 0.05) is 71.0 Å². The van der Waals surface area contributed by atoms with Crippen LogP contribution in [0.5, 0.6) is 0 Å². The SMILES string of the molecule is c1ccc(-c2nc(-c3ccc4c(c3)oc3ccccc34)nc(-c3cccc4oc5ccc(-c6ccc7c(c6)c6ccccc6n7-c6ccc(-c7cccc8c7oc7ccccc78)cc6)cc5c34)n2)cc1. The van der Waals surface area contributed by atoms with Gasteiger partial charge >= 0.3 is 0 Å². The highest BCUT2D eigenvalue weighted by atomic mass is 16.3. The van der Waals surface area contributed by atoms with E-state index in [9.17, 15) is 0 Å². The Bertz CT molecular complexity index is 4600. The van der Waals surface area contributed by atoms with Crippen molar-refractivity contribution in [3.05, 3.63) is 218 Å². The first-order valence-electron chi connectivity index (χ1n) is 23.4. The number of fused-ring (bicyclic) bond motifs is 12. The van der Waals surface area contributed by atoms with Crippen LogP contribution in [0.3, 0.4) is 0 Å². The van der Waals surface area contributed by atoms with Crippen molar-refractivity contribution in [1.82, 2.24) is 19.5 Å². The number of benzene rings is 10. The van der Waals surface area contributed by atoms with Crippen LogP contribution in [0.4, 0.5) is 0 Å². The number of aromatic nitrogens is 4. The Hall–Kier alpha value is -9.59. The van der Waals surface area contributed by atoms with Crippen molar-refractivity contribution in [1.29, 1.82) is 0 Å². The second-order valence-electron chi connectivity index (χ2n) is 17.9. The van der Waals surface area contributed by atoms with E-state index in [1.807, 2.05) is 78.9 Å². The lowest BCUT2D eigenvalue weighted by Gasteiger charge is -2.10. The molecule has 0 aliphatic rings. The van der Waals surface area contributed by atoms with Gasteiger partial charge in [-0.2, -0.15) is 0 Å². The minimum Gasteiger partial charge on any atom is -0.456 e. The molecule has 0 bridgehead atoms. The molecule has 0 saturated heterocycles. The lowest BCUT2D eigenvalue weighted by Crippen LogP contribution is -2.00. The summed E-state index contributed by atoms with van der Waals surface area (Å²) in [4.78, 5) is 15.4. The zero-order valence-electron chi connectivity index (χ0n) is 37.3. The zero-order chi connectivity index (χ0) is 45.9. The summed E-state index contributed by atoms with van der Waals surface area (Å²) < 4.78 is 21.6. The maximum atomic E-state index is 6.57. The van der Waals surface area contributed by atoms with Gasteiger partial charge in [0.15, 0.2) is 17.5 Å². The number of hydrogen-bond acceptors (Lipinski definition) is 6. The Morgan fingerprint density at radius 3 is 1.69 bits per heavy atom. The van der Waals surface area contributed by atoms with Crippen LogP contribution < -0.4 is 0 Å². The minimum absolute atomic E-state index is 0.556. The summed E-state index contributed by atoms with van der Waals surface area (Å²) in [5, 5.41) is 8.67. The van der Waals surface area contributed by atoms with E-state index < -0.39 is 0 Å². The van der Waals surface area contributed by atoms with Gasteiger partial charge < -0.3 is 17.8 Å². The van der Waals surface area contributed by atoms with Gasteiger partial charge in [-0.3, -0.25) is 0 Å². The number of rotatable bonds is 6. The second-order valence-corrected chi connectivity index (χ2v) is 17.9. The van der Waals surface area contributed by atoms with Crippen LogP contribution in [0.25, 0.3) is 150 Å². The van der Waals surface area contributed by atoms with Crippen LogP contribution in [0, 0.1) is 0 Å². The lowest BCUT2D eigenvalue weighted by molar-refractivity contribution is 0.668. The number of nitrogens with zero attached hydrogens (tertiary/aromatic N) is 4. The molecule has 0 radical (unpaired) electrons. The van der Waals surface area contributed by atoms with Crippen molar-refractivity contribution in [2.45, 2.75) is 0 Å². The Labute approximate surface area is 399 Å². The maximum Gasteiger partial charge on any atom is 0.164 e. The molecule has 0 aliphatic heterocycles. The van der Waals surface area contributed by atoms with Gasteiger partial charge in [-0.15, -0.1) is 0 Å². The van der Waals surface area contributed by atoms with E-state index >= 15 is 0 Å². The monoisotopic (exact) mass is 896 g/mol. The van der Waals surface area contributed by atoms with E-state index in [2.05, 4.69) is 144 Å². The number of para-hydroxylation sites is 4. The normalized spacial score (nSPS) is 12.0. The lowest BCUT2D eigenvalue weighted by atomic mass is 9.99. The van der Waals surface area contributed by atoms with Gasteiger partial charge in [-0.1, -0.05) is 146 Å². The summed E-state index contributed by atoms with van der Waals surface area (Å²) in [6.07, 6.45) is 0. The molecule has 0 unspecified atom stereocenters. The van der Waals surface area contributed by atoms with E-state index in [0.29, 0.717) is 17.5 Å². The first-order valence-corrected chi connectivity index (χ1v) is 23.4. The van der Waals surface area contributed by atoms with Gasteiger partial charge in [0.05, 0.1) is 11.0 Å². The van der Waals surface area contributed by atoms with Gasteiger partial charge in [-0.25, -0.2) is 15.0 Å². The first-order chi connectivity index (χ1) is 34.7. The molecule has 0 atom stereocenters. The third kappa shape index (κ3) is 5.91. The van der Waals surface area contributed by atoms with Crippen molar-refractivity contribution < 1.29 is 13.3 Å². The fraction of sp³-hybridized carbons (Fsp3) is 0. The molecule has 7 heteroatoms. The zero-order valence-corrected chi connectivity index (χ0v) is 37.3. The van der Waals surface area contributed by atoms with E-state index in [1.165, 1.54) is 10.8 Å². The van der Waals surface area contributed by atoms with Gasteiger partial charge in [-0.05, 0) is 89.5 Å². The average Bonchev–Trinajstić information content (AvgIpc) is 4.19. The molecule has 0 N–H and O–H groups in total. The molecule has 15 aromatic rings. The molecule has 10 aromatic carbocycles. The Morgan fingerprint density at radius 1 is 0.286 bits per heavy atom. The van der Waals surface area contributed by atoms with Gasteiger partial charge in [0.25, 0.3) is 0 Å². The largest absolute Gasteiger partial charge is 0.456 e. The highest BCUT2D eigenvalue weighted by molar-refractivity contribution is 6.15. The average molecular weight is 897 g/mol. The van der Waals surface area contributed by atoms with Crippen LogP contribution in [0.1, 0.15) is 0 Å². The summed E-state index contributed by atoms with van der Waals surface area (Å²) >= 11 is 0. The van der Waals surface area contributed by atoms with Gasteiger partial charge in [0.2, 0.25) is 0 Å². The highest BCUT2D eigenvalue weighted by Gasteiger charge is 2.21. The van der Waals surface area contributed by atoms with Crippen molar-refractivity contribution >= 4 is 87.6 Å². The third-order valence-corrected chi connectivity index (χ3v) is 13.9. The molecule has 5 aromatic heterocycles.